The minimum Gasteiger partial charge on any atom is -0.481 e. The first kappa shape index (κ1) is 13.6. The average Bonchev–Trinajstić information content (AvgIpc) is 2.12. The maximum Gasteiger partial charge on any atom is 0.317 e. The van der Waals surface area contributed by atoms with E-state index in [9.17, 15) is 14.4 Å². The van der Waals surface area contributed by atoms with Crippen molar-refractivity contribution in [3.05, 3.63) is 0 Å². The van der Waals surface area contributed by atoms with Gasteiger partial charge in [-0.05, 0) is 12.8 Å². The number of Topliss-reactive ketones (excluding diaryl/α,β-unsaturated/α-hetero) is 1. The molecular weight excluding hydrogens is 202 g/mol. The topological polar surface area (TPSA) is 118 Å². The molecule has 6 heteroatoms. The summed E-state index contributed by atoms with van der Waals surface area (Å²) in [7, 11) is 0. The number of hydrogen-bond acceptors (Lipinski definition) is 4. The largest absolute Gasteiger partial charge is 0.481 e. The monoisotopic (exact) mass is 217 g/mol. The van der Waals surface area contributed by atoms with Crippen LogP contribution in [-0.2, 0) is 14.4 Å². The molecule has 0 saturated heterocycles. The van der Waals surface area contributed by atoms with Gasteiger partial charge in [-0.15, -0.1) is 0 Å². The second-order valence-electron chi connectivity index (χ2n) is 3.29. The van der Waals surface area contributed by atoms with Gasteiger partial charge in [0.1, 0.15) is 5.78 Å². The van der Waals surface area contributed by atoms with Crippen LogP contribution in [0.3, 0.4) is 0 Å². The standard InChI is InChI=1S/C9H15NO5/c1-2-3-7(11)6(10)4-5(8(12)13)9(14)15/h5-6H,2-4,10H2,1H3,(H,12,13)(H,14,15)/t6-/m0/s1. The van der Waals surface area contributed by atoms with E-state index in [-0.39, 0.29) is 18.6 Å². The zero-order chi connectivity index (χ0) is 12.0. The van der Waals surface area contributed by atoms with Crippen LogP contribution >= 0.6 is 0 Å². The Morgan fingerprint density at radius 3 is 2.00 bits per heavy atom. The number of aliphatic carboxylic acids is 2. The number of ketones is 1. The molecule has 0 aromatic carbocycles. The van der Waals surface area contributed by atoms with Crippen molar-refractivity contribution in [2.45, 2.75) is 32.2 Å². The van der Waals surface area contributed by atoms with Gasteiger partial charge in [-0.1, -0.05) is 6.92 Å². The number of carboxylic acid groups (broad SMARTS) is 2. The van der Waals surface area contributed by atoms with Crippen LogP contribution in [0.2, 0.25) is 0 Å². The molecular formula is C9H15NO5. The summed E-state index contributed by atoms with van der Waals surface area (Å²) in [5.74, 6) is -4.85. The predicted octanol–water partition coefficient (Wildman–Crippen LogP) is -0.142. The Kier molecular flexibility index (Phi) is 5.54. The number of carbonyl (C=O) groups excluding carboxylic acids is 1. The highest BCUT2D eigenvalue weighted by molar-refractivity contribution is 5.94. The Bertz CT molecular complexity index is 249. The number of hydrogen-bond donors (Lipinski definition) is 3. The number of rotatable bonds is 7. The summed E-state index contributed by atoms with van der Waals surface area (Å²) < 4.78 is 0. The average molecular weight is 217 g/mol. The molecule has 0 bridgehead atoms. The van der Waals surface area contributed by atoms with E-state index in [2.05, 4.69) is 0 Å². The van der Waals surface area contributed by atoms with Crippen molar-refractivity contribution in [1.82, 2.24) is 0 Å². The zero-order valence-corrected chi connectivity index (χ0v) is 8.47. The van der Waals surface area contributed by atoms with Gasteiger partial charge in [0.15, 0.2) is 5.92 Å². The Morgan fingerprint density at radius 1 is 1.20 bits per heavy atom. The Labute approximate surface area is 87.1 Å². The van der Waals surface area contributed by atoms with Gasteiger partial charge in [-0.25, -0.2) is 0 Å². The van der Waals surface area contributed by atoms with Crippen LogP contribution in [-0.4, -0.2) is 34.0 Å². The summed E-state index contributed by atoms with van der Waals surface area (Å²) in [6.07, 6.45) is 0.494. The van der Waals surface area contributed by atoms with Crippen LogP contribution < -0.4 is 5.73 Å². The highest BCUT2D eigenvalue weighted by atomic mass is 16.4. The smallest absolute Gasteiger partial charge is 0.317 e. The molecule has 1 atom stereocenters. The second-order valence-corrected chi connectivity index (χ2v) is 3.29. The molecule has 0 spiro atoms. The van der Waals surface area contributed by atoms with Crippen molar-refractivity contribution in [1.29, 1.82) is 0 Å². The maximum absolute atomic E-state index is 11.2. The lowest BCUT2D eigenvalue weighted by molar-refractivity contribution is -0.155. The Balaban J connectivity index is 4.35. The third kappa shape index (κ3) is 4.55. The van der Waals surface area contributed by atoms with Gasteiger partial charge in [-0.2, -0.15) is 0 Å². The molecule has 0 aliphatic rings. The lowest BCUT2D eigenvalue weighted by Gasteiger charge is -2.12. The second kappa shape index (κ2) is 6.13. The van der Waals surface area contributed by atoms with E-state index < -0.39 is 23.9 Å². The molecule has 0 heterocycles. The molecule has 0 saturated carbocycles. The molecule has 86 valence electrons. The van der Waals surface area contributed by atoms with Gasteiger partial charge in [0, 0.05) is 6.42 Å². The molecule has 0 aliphatic heterocycles. The molecule has 0 aromatic heterocycles. The van der Waals surface area contributed by atoms with Crippen molar-refractivity contribution in [2.75, 3.05) is 0 Å². The van der Waals surface area contributed by atoms with E-state index in [1.54, 1.807) is 6.92 Å². The van der Waals surface area contributed by atoms with E-state index in [0.29, 0.717) is 6.42 Å². The summed E-state index contributed by atoms with van der Waals surface area (Å²) in [6, 6.07) is -1.01. The summed E-state index contributed by atoms with van der Waals surface area (Å²) >= 11 is 0. The van der Waals surface area contributed by atoms with Crippen LogP contribution in [0.15, 0.2) is 0 Å². The SMILES string of the molecule is CCCC(=O)[C@@H](N)CC(C(=O)O)C(=O)O. The van der Waals surface area contributed by atoms with Crippen molar-refractivity contribution >= 4 is 17.7 Å². The van der Waals surface area contributed by atoms with Crippen LogP contribution in [0.4, 0.5) is 0 Å². The molecule has 6 nitrogen and oxygen atoms in total. The van der Waals surface area contributed by atoms with Gasteiger partial charge >= 0.3 is 11.9 Å². The van der Waals surface area contributed by atoms with Crippen molar-refractivity contribution < 1.29 is 24.6 Å². The molecule has 0 amide bonds. The molecule has 0 aliphatic carbocycles. The summed E-state index contributed by atoms with van der Waals surface area (Å²) in [5, 5.41) is 17.1. The van der Waals surface area contributed by atoms with Crippen molar-refractivity contribution in [3.8, 4) is 0 Å². The number of carbonyl (C=O) groups is 3. The van der Waals surface area contributed by atoms with Gasteiger partial charge < -0.3 is 15.9 Å². The van der Waals surface area contributed by atoms with Gasteiger partial charge in [0.25, 0.3) is 0 Å². The van der Waals surface area contributed by atoms with Crippen molar-refractivity contribution in [3.63, 3.8) is 0 Å². The molecule has 4 N–H and O–H groups in total. The van der Waals surface area contributed by atoms with Crippen LogP contribution in [0.1, 0.15) is 26.2 Å². The van der Waals surface area contributed by atoms with Crippen LogP contribution in [0.5, 0.6) is 0 Å². The first-order valence-electron chi connectivity index (χ1n) is 4.64. The Hall–Kier alpha value is -1.43. The lowest BCUT2D eigenvalue weighted by atomic mass is 9.96. The quantitative estimate of drug-likeness (QED) is 0.511. The zero-order valence-electron chi connectivity index (χ0n) is 8.47. The first-order valence-corrected chi connectivity index (χ1v) is 4.64. The molecule has 0 radical (unpaired) electrons. The fourth-order valence-electron chi connectivity index (χ4n) is 1.12. The van der Waals surface area contributed by atoms with E-state index >= 15 is 0 Å². The van der Waals surface area contributed by atoms with Crippen molar-refractivity contribution in [2.24, 2.45) is 11.7 Å². The van der Waals surface area contributed by atoms with Crippen LogP contribution in [0.25, 0.3) is 0 Å². The van der Waals surface area contributed by atoms with E-state index in [0.717, 1.165) is 0 Å². The fraction of sp³-hybridized carbons (Fsp3) is 0.667. The van der Waals surface area contributed by atoms with E-state index in [4.69, 9.17) is 15.9 Å². The Morgan fingerprint density at radius 2 is 1.67 bits per heavy atom. The highest BCUT2D eigenvalue weighted by Crippen LogP contribution is 2.09. The van der Waals surface area contributed by atoms with Gasteiger partial charge in [0.2, 0.25) is 0 Å². The fourth-order valence-corrected chi connectivity index (χ4v) is 1.12. The normalized spacial score (nSPS) is 12.5. The first-order chi connectivity index (χ1) is 6.90. The molecule has 15 heavy (non-hydrogen) atoms. The molecule has 0 aromatic rings. The molecule has 0 fully saturated rings. The summed E-state index contributed by atoms with van der Waals surface area (Å²) in [5.41, 5.74) is 5.40. The third-order valence-electron chi connectivity index (χ3n) is 2.00. The van der Waals surface area contributed by atoms with E-state index in [1.165, 1.54) is 0 Å². The minimum absolute atomic E-state index is 0.243. The lowest BCUT2D eigenvalue weighted by Crippen LogP contribution is -2.37. The van der Waals surface area contributed by atoms with Crippen LogP contribution in [0, 0.1) is 5.92 Å². The maximum atomic E-state index is 11.2. The molecule has 0 unspecified atom stereocenters. The number of nitrogens with two attached hydrogens (primary N) is 1. The summed E-state index contributed by atoms with van der Waals surface area (Å²) in [6.45, 7) is 1.79. The van der Waals surface area contributed by atoms with Gasteiger partial charge in [-0.3, -0.25) is 14.4 Å². The third-order valence-corrected chi connectivity index (χ3v) is 2.00. The molecule has 0 rings (SSSR count). The highest BCUT2D eigenvalue weighted by Gasteiger charge is 2.29. The minimum atomic E-state index is -1.61. The predicted molar refractivity (Wildman–Crippen MR) is 51.3 cm³/mol. The number of carboxylic acids is 2. The van der Waals surface area contributed by atoms with Gasteiger partial charge in [0.05, 0.1) is 6.04 Å². The summed E-state index contributed by atoms with van der Waals surface area (Å²) in [4.78, 5) is 32.2. The van der Waals surface area contributed by atoms with E-state index in [1.807, 2.05) is 0 Å².